The number of hydrogen-bond acceptors (Lipinski definition) is 6. The molecule has 1 aliphatic heterocycles. The van der Waals surface area contributed by atoms with Crippen LogP contribution in [0.3, 0.4) is 0 Å². The van der Waals surface area contributed by atoms with Gasteiger partial charge in [0.2, 0.25) is 0 Å². The second-order valence-corrected chi connectivity index (χ2v) is 7.34. The summed E-state index contributed by atoms with van der Waals surface area (Å²) in [5.74, 6) is 0.574. The van der Waals surface area contributed by atoms with Crippen LogP contribution in [0.15, 0.2) is 22.8 Å². The molecule has 0 aromatic carbocycles. The maximum absolute atomic E-state index is 13.0. The molecule has 0 spiro atoms. The van der Waals surface area contributed by atoms with Gasteiger partial charge in [0.1, 0.15) is 16.7 Å². The van der Waals surface area contributed by atoms with Gasteiger partial charge in [-0.15, -0.1) is 0 Å². The SMILES string of the molecule is Cc1nc(N(C)C)sc1C(=O)N1CCCC1CC(O)c1ccco1. The van der Waals surface area contributed by atoms with E-state index in [9.17, 15) is 9.90 Å². The molecule has 3 rings (SSSR count). The molecular weight excluding hydrogens is 326 g/mol. The van der Waals surface area contributed by atoms with Crippen molar-refractivity contribution in [2.75, 3.05) is 25.5 Å². The monoisotopic (exact) mass is 349 g/mol. The molecule has 0 radical (unpaired) electrons. The molecule has 1 N–H and O–H groups in total. The molecule has 0 aliphatic carbocycles. The first-order valence-electron chi connectivity index (χ1n) is 8.14. The quantitative estimate of drug-likeness (QED) is 0.899. The zero-order valence-electron chi connectivity index (χ0n) is 14.2. The predicted octanol–water partition coefficient (Wildman–Crippen LogP) is 2.84. The van der Waals surface area contributed by atoms with Crippen molar-refractivity contribution in [3.8, 4) is 0 Å². The van der Waals surface area contributed by atoms with Crippen LogP contribution in [0.25, 0.3) is 0 Å². The number of hydrogen-bond donors (Lipinski definition) is 1. The molecule has 0 saturated carbocycles. The molecule has 1 amide bonds. The number of nitrogens with zero attached hydrogens (tertiary/aromatic N) is 3. The van der Waals surface area contributed by atoms with Crippen molar-refractivity contribution in [1.29, 1.82) is 0 Å². The summed E-state index contributed by atoms with van der Waals surface area (Å²) in [4.78, 5) is 21.9. The number of anilines is 1. The predicted molar refractivity (Wildman–Crippen MR) is 93.5 cm³/mol. The fourth-order valence-corrected chi connectivity index (χ4v) is 4.05. The molecule has 1 aliphatic rings. The summed E-state index contributed by atoms with van der Waals surface area (Å²) in [6, 6.07) is 3.56. The first kappa shape index (κ1) is 17.0. The zero-order chi connectivity index (χ0) is 17.3. The van der Waals surface area contributed by atoms with Gasteiger partial charge in [-0.05, 0) is 31.9 Å². The lowest BCUT2D eigenvalue weighted by molar-refractivity contribution is 0.0645. The van der Waals surface area contributed by atoms with Gasteiger partial charge in [0, 0.05) is 33.1 Å². The highest BCUT2D eigenvalue weighted by molar-refractivity contribution is 7.17. The smallest absolute Gasteiger partial charge is 0.266 e. The number of furan rings is 1. The lowest BCUT2D eigenvalue weighted by Crippen LogP contribution is -2.36. The molecular formula is C17H23N3O3S. The summed E-state index contributed by atoms with van der Waals surface area (Å²) in [6.07, 6.45) is 3.23. The van der Waals surface area contributed by atoms with E-state index < -0.39 is 6.10 Å². The van der Waals surface area contributed by atoms with Gasteiger partial charge in [-0.3, -0.25) is 4.79 Å². The first-order chi connectivity index (χ1) is 11.5. The fraction of sp³-hybridized carbons (Fsp3) is 0.529. The van der Waals surface area contributed by atoms with Gasteiger partial charge < -0.3 is 19.3 Å². The maximum Gasteiger partial charge on any atom is 0.266 e. The van der Waals surface area contributed by atoms with E-state index in [0.29, 0.717) is 17.1 Å². The molecule has 2 aromatic heterocycles. The van der Waals surface area contributed by atoms with Gasteiger partial charge in [0.15, 0.2) is 5.13 Å². The third-order valence-electron chi connectivity index (χ3n) is 4.37. The third-order valence-corrected chi connectivity index (χ3v) is 5.68. The number of likely N-dealkylation sites (tertiary alicyclic amines) is 1. The molecule has 1 saturated heterocycles. The van der Waals surface area contributed by atoms with Gasteiger partial charge in [-0.1, -0.05) is 11.3 Å². The lowest BCUT2D eigenvalue weighted by atomic mass is 10.0. The molecule has 2 atom stereocenters. The van der Waals surface area contributed by atoms with Crippen molar-refractivity contribution < 1.29 is 14.3 Å². The Balaban J connectivity index is 1.74. The number of aliphatic hydroxyl groups excluding tert-OH is 1. The van der Waals surface area contributed by atoms with Crippen LogP contribution in [0, 0.1) is 6.92 Å². The first-order valence-corrected chi connectivity index (χ1v) is 8.96. The highest BCUT2D eigenvalue weighted by atomic mass is 32.1. The minimum Gasteiger partial charge on any atom is -0.467 e. The molecule has 2 aromatic rings. The van der Waals surface area contributed by atoms with Crippen molar-refractivity contribution in [3.63, 3.8) is 0 Å². The van der Waals surface area contributed by atoms with Crippen LogP contribution >= 0.6 is 11.3 Å². The van der Waals surface area contributed by atoms with E-state index in [1.165, 1.54) is 11.3 Å². The normalized spacial score (nSPS) is 18.8. The van der Waals surface area contributed by atoms with Gasteiger partial charge >= 0.3 is 0 Å². The Kier molecular flexibility index (Phi) is 4.91. The number of aliphatic hydroxyl groups is 1. The molecule has 0 bridgehead atoms. The third kappa shape index (κ3) is 3.32. The van der Waals surface area contributed by atoms with Crippen molar-refractivity contribution in [1.82, 2.24) is 9.88 Å². The van der Waals surface area contributed by atoms with E-state index in [2.05, 4.69) is 4.98 Å². The highest BCUT2D eigenvalue weighted by Gasteiger charge is 2.33. The van der Waals surface area contributed by atoms with E-state index in [1.54, 1.807) is 18.4 Å². The highest BCUT2D eigenvalue weighted by Crippen LogP contribution is 2.32. The number of carbonyl (C=O) groups is 1. The van der Waals surface area contributed by atoms with E-state index in [1.807, 2.05) is 30.8 Å². The topological polar surface area (TPSA) is 69.8 Å². The zero-order valence-corrected chi connectivity index (χ0v) is 15.0. The van der Waals surface area contributed by atoms with Crippen LogP contribution in [0.4, 0.5) is 5.13 Å². The Labute approximate surface area is 145 Å². The number of amides is 1. The molecule has 24 heavy (non-hydrogen) atoms. The minimum absolute atomic E-state index is 0.0206. The molecule has 1 fully saturated rings. The number of aryl methyl sites for hydroxylation is 1. The minimum atomic E-state index is -0.682. The van der Waals surface area contributed by atoms with Gasteiger partial charge in [-0.2, -0.15) is 0 Å². The van der Waals surface area contributed by atoms with E-state index in [4.69, 9.17) is 4.42 Å². The standard InChI is InChI=1S/C17H23N3O3S/c1-11-15(24-17(18-11)19(2)3)16(22)20-8-4-6-12(20)10-13(21)14-7-5-9-23-14/h5,7,9,12-13,21H,4,6,8,10H2,1-3H3. The second-order valence-electron chi connectivity index (χ2n) is 6.37. The summed E-state index contributed by atoms with van der Waals surface area (Å²) in [6.45, 7) is 2.60. The van der Waals surface area contributed by atoms with Crippen molar-refractivity contribution in [2.24, 2.45) is 0 Å². The van der Waals surface area contributed by atoms with Crippen molar-refractivity contribution in [2.45, 2.75) is 38.3 Å². The molecule has 7 heteroatoms. The average molecular weight is 349 g/mol. The molecule has 130 valence electrons. The number of rotatable bonds is 5. The summed E-state index contributed by atoms with van der Waals surface area (Å²) in [5, 5.41) is 11.2. The van der Waals surface area contributed by atoms with E-state index >= 15 is 0 Å². The van der Waals surface area contributed by atoms with Crippen molar-refractivity contribution in [3.05, 3.63) is 34.7 Å². The average Bonchev–Trinajstić information content (AvgIpc) is 3.26. The van der Waals surface area contributed by atoms with Gasteiger partial charge in [0.25, 0.3) is 5.91 Å². The van der Waals surface area contributed by atoms with Crippen molar-refractivity contribution >= 4 is 22.4 Å². The van der Waals surface area contributed by atoms with E-state index in [-0.39, 0.29) is 11.9 Å². The summed E-state index contributed by atoms with van der Waals surface area (Å²) in [7, 11) is 3.84. The number of thiazole rings is 1. The lowest BCUT2D eigenvalue weighted by Gasteiger charge is -2.25. The molecule has 3 heterocycles. The number of carbonyl (C=O) groups excluding carboxylic acids is 1. The Hall–Kier alpha value is -1.86. The molecule has 6 nitrogen and oxygen atoms in total. The van der Waals surface area contributed by atoms with Crippen LogP contribution in [0.5, 0.6) is 0 Å². The Morgan fingerprint density at radius 1 is 1.58 bits per heavy atom. The Bertz CT molecular complexity index is 696. The van der Waals surface area contributed by atoms with Gasteiger partial charge in [-0.25, -0.2) is 4.98 Å². The number of aromatic nitrogens is 1. The van der Waals surface area contributed by atoms with Crippen LogP contribution in [0.2, 0.25) is 0 Å². The molecule has 2 unspecified atom stereocenters. The van der Waals surface area contributed by atoms with Gasteiger partial charge in [0.05, 0.1) is 12.0 Å². The fourth-order valence-electron chi connectivity index (χ4n) is 3.11. The largest absolute Gasteiger partial charge is 0.467 e. The Morgan fingerprint density at radius 3 is 3.00 bits per heavy atom. The summed E-state index contributed by atoms with van der Waals surface area (Å²) < 4.78 is 5.27. The Morgan fingerprint density at radius 2 is 2.38 bits per heavy atom. The van der Waals surface area contributed by atoms with Crippen LogP contribution in [-0.4, -0.2) is 47.6 Å². The van der Waals surface area contributed by atoms with E-state index in [0.717, 1.165) is 30.2 Å². The van der Waals surface area contributed by atoms with Crippen LogP contribution in [0.1, 0.15) is 46.5 Å². The van der Waals surface area contributed by atoms with Crippen LogP contribution < -0.4 is 4.90 Å². The maximum atomic E-state index is 13.0. The summed E-state index contributed by atoms with van der Waals surface area (Å²) >= 11 is 1.42. The second kappa shape index (κ2) is 6.94. The van der Waals surface area contributed by atoms with Crippen LogP contribution in [-0.2, 0) is 0 Å². The summed E-state index contributed by atoms with van der Waals surface area (Å²) in [5.41, 5.74) is 0.769.